The molecule has 27 heavy (non-hydrogen) atoms. The topological polar surface area (TPSA) is 105 Å². The van der Waals surface area contributed by atoms with Crippen molar-refractivity contribution >= 4 is 11.8 Å². The maximum absolute atomic E-state index is 8.73. The molecule has 0 atom stereocenters. The quantitative estimate of drug-likeness (QED) is 0.572. The summed E-state index contributed by atoms with van der Waals surface area (Å²) in [6.45, 7) is 3.26. The Labute approximate surface area is 160 Å². The highest BCUT2D eigenvalue weighted by molar-refractivity contribution is 5.74. The van der Waals surface area contributed by atoms with Gasteiger partial charge in [-0.3, -0.25) is 0 Å². The molecule has 1 fully saturated rings. The summed E-state index contributed by atoms with van der Waals surface area (Å²) >= 11 is 0. The van der Waals surface area contributed by atoms with Crippen LogP contribution in [0.4, 0.5) is 11.8 Å². The van der Waals surface area contributed by atoms with E-state index < -0.39 is 0 Å². The maximum Gasteiger partial charge on any atom is 0.223 e. The lowest BCUT2D eigenvalue weighted by molar-refractivity contribution is 0.0991. The number of rotatable bonds is 9. The Morgan fingerprint density at radius 1 is 1.26 bits per heavy atom. The Morgan fingerprint density at radius 2 is 2.07 bits per heavy atom. The van der Waals surface area contributed by atoms with Crippen molar-refractivity contribution in [3.63, 3.8) is 0 Å². The van der Waals surface area contributed by atoms with Gasteiger partial charge in [0.15, 0.2) is 5.82 Å². The molecule has 0 saturated heterocycles. The predicted molar refractivity (Wildman–Crippen MR) is 106 cm³/mol. The van der Waals surface area contributed by atoms with Crippen molar-refractivity contribution in [2.45, 2.75) is 52.5 Å². The van der Waals surface area contributed by atoms with Gasteiger partial charge >= 0.3 is 0 Å². The molecule has 8 nitrogen and oxygen atoms in total. The summed E-state index contributed by atoms with van der Waals surface area (Å²) in [5.41, 5.74) is 1.61. The van der Waals surface area contributed by atoms with Gasteiger partial charge in [-0.05, 0) is 25.8 Å². The van der Waals surface area contributed by atoms with Crippen molar-refractivity contribution in [1.29, 1.82) is 0 Å². The number of hydrogen-bond donors (Lipinski definition) is 3. The van der Waals surface area contributed by atoms with E-state index in [2.05, 4.69) is 25.8 Å². The first-order chi connectivity index (χ1) is 12.8. The van der Waals surface area contributed by atoms with Gasteiger partial charge < -0.3 is 25.0 Å². The van der Waals surface area contributed by atoms with E-state index in [1.807, 2.05) is 13.0 Å². The first-order valence-electron chi connectivity index (χ1n) is 9.26. The van der Waals surface area contributed by atoms with E-state index in [1.165, 1.54) is 32.1 Å². The summed E-state index contributed by atoms with van der Waals surface area (Å²) in [5.74, 6) is 1.98. The Morgan fingerprint density at radius 3 is 2.85 bits per heavy atom. The van der Waals surface area contributed by atoms with Gasteiger partial charge in [-0.1, -0.05) is 31.8 Å². The van der Waals surface area contributed by atoms with Gasteiger partial charge in [0.25, 0.3) is 0 Å². The number of aliphatic hydroxyl groups excluding tert-OH is 1. The van der Waals surface area contributed by atoms with E-state index in [0.717, 1.165) is 11.3 Å². The first kappa shape index (κ1) is 21.1. The van der Waals surface area contributed by atoms with Crippen LogP contribution in [0, 0.1) is 6.92 Å². The van der Waals surface area contributed by atoms with Crippen LogP contribution >= 0.6 is 0 Å². The summed E-state index contributed by atoms with van der Waals surface area (Å²) in [7, 11) is 0. The molecule has 1 aliphatic carbocycles. The van der Waals surface area contributed by atoms with Crippen LogP contribution in [0.15, 0.2) is 16.8 Å². The molecule has 1 saturated carbocycles. The highest BCUT2D eigenvalue weighted by atomic mass is 16.5. The monoisotopic (exact) mass is 377 g/mol. The zero-order chi connectivity index (χ0) is 18.2. The molecule has 0 amide bonds. The smallest absolute Gasteiger partial charge is 0.223 e. The van der Waals surface area contributed by atoms with Crippen LogP contribution in [-0.2, 0) is 4.74 Å². The fourth-order valence-corrected chi connectivity index (χ4v) is 3.20. The predicted octanol–water partition coefficient (Wildman–Crippen LogP) is 3.24. The number of hydrogen-bond acceptors (Lipinski definition) is 8. The third-order valence-corrected chi connectivity index (χ3v) is 4.49. The number of anilines is 2. The lowest BCUT2D eigenvalue weighted by Gasteiger charge is -2.22. The Bertz CT molecular complexity index is 686. The molecule has 0 aromatic carbocycles. The van der Waals surface area contributed by atoms with Gasteiger partial charge in [-0.25, -0.2) is 9.97 Å². The van der Waals surface area contributed by atoms with Gasteiger partial charge in [0.05, 0.1) is 31.1 Å². The number of aryl methyl sites for hydroxylation is 1. The highest BCUT2D eigenvalue weighted by Gasteiger charge is 2.18. The molecule has 2 heterocycles. The van der Waals surface area contributed by atoms with Crippen molar-refractivity contribution in [3.8, 4) is 11.3 Å². The second-order valence-corrected chi connectivity index (χ2v) is 6.47. The van der Waals surface area contributed by atoms with Crippen molar-refractivity contribution in [2.24, 2.45) is 0 Å². The largest absolute Gasteiger partial charge is 0.394 e. The highest BCUT2D eigenvalue weighted by Crippen LogP contribution is 2.30. The fraction of sp³-hybridized carbons (Fsp3) is 0.632. The molecule has 8 heteroatoms. The van der Waals surface area contributed by atoms with Gasteiger partial charge in [0, 0.05) is 18.8 Å². The minimum Gasteiger partial charge on any atom is -0.394 e. The van der Waals surface area contributed by atoms with E-state index in [4.69, 9.17) is 14.4 Å². The molecule has 0 bridgehead atoms. The Hall–Kier alpha value is -2.19. The second-order valence-electron chi connectivity index (χ2n) is 6.47. The van der Waals surface area contributed by atoms with E-state index in [-0.39, 0.29) is 14.0 Å². The van der Waals surface area contributed by atoms with E-state index in [9.17, 15) is 0 Å². The van der Waals surface area contributed by atoms with Crippen molar-refractivity contribution in [3.05, 3.63) is 18.0 Å². The summed E-state index contributed by atoms with van der Waals surface area (Å²) in [6, 6.07) is 2.31. The Balaban J connectivity index is 0.00000261. The van der Waals surface area contributed by atoms with Gasteiger partial charge in [0.2, 0.25) is 5.95 Å². The van der Waals surface area contributed by atoms with Crippen LogP contribution in [0.25, 0.3) is 11.3 Å². The lowest BCUT2D eigenvalue weighted by atomic mass is 9.96. The van der Waals surface area contributed by atoms with Crippen LogP contribution in [0.2, 0.25) is 0 Å². The molecule has 150 valence electrons. The van der Waals surface area contributed by atoms with E-state index in [0.29, 0.717) is 43.3 Å². The minimum atomic E-state index is 0. The van der Waals surface area contributed by atoms with Crippen LogP contribution in [0.1, 0.15) is 45.3 Å². The minimum absolute atomic E-state index is 0. The molecule has 1 aliphatic rings. The summed E-state index contributed by atoms with van der Waals surface area (Å²) < 4.78 is 10.6. The average Bonchev–Trinajstić information content (AvgIpc) is 3.03. The molecule has 0 spiro atoms. The molecule has 0 unspecified atom stereocenters. The van der Waals surface area contributed by atoms with Crippen molar-refractivity contribution in [1.82, 2.24) is 15.1 Å². The number of aromatic nitrogens is 3. The van der Waals surface area contributed by atoms with Gasteiger partial charge in [0.1, 0.15) is 5.76 Å². The fourth-order valence-electron chi connectivity index (χ4n) is 3.20. The zero-order valence-electron chi connectivity index (χ0n) is 15.2. The Kier molecular flexibility index (Phi) is 8.47. The molecular weight excluding hydrogens is 346 g/mol. The molecular formula is C19H31N5O3. The molecule has 3 N–H and O–H groups in total. The molecule has 0 aliphatic heterocycles. The van der Waals surface area contributed by atoms with Crippen LogP contribution < -0.4 is 10.6 Å². The summed E-state index contributed by atoms with van der Waals surface area (Å²) in [4.78, 5) is 9.02. The van der Waals surface area contributed by atoms with Crippen molar-refractivity contribution in [2.75, 3.05) is 37.0 Å². The molecule has 3 rings (SSSR count). The maximum atomic E-state index is 8.73. The average molecular weight is 377 g/mol. The van der Waals surface area contributed by atoms with Crippen LogP contribution in [-0.4, -0.2) is 52.6 Å². The van der Waals surface area contributed by atoms with Crippen molar-refractivity contribution < 1.29 is 14.4 Å². The van der Waals surface area contributed by atoms with Crippen LogP contribution in [0.5, 0.6) is 0 Å². The molecule has 0 radical (unpaired) electrons. The first-order valence-corrected chi connectivity index (χ1v) is 9.26. The molecule has 2 aromatic rings. The van der Waals surface area contributed by atoms with Gasteiger partial charge in [-0.2, -0.15) is 0 Å². The second kappa shape index (κ2) is 10.8. The number of nitrogens with zero attached hydrogens (tertiary/aromatic N) is 3. The summed E-state index contributed by atoms with van der Waals surface area (Å²) in [6.07, 6.45) is 7.92. The third-order valence-electron chi connectivity index (χ3n) is 4.49. The third kappa shape index (κ3) is 5.90. The van der Waals surface area contributed by atoms with Crippen LogP contribution in [0.3, 0.4) is 0 Å². The number of nitrogens with one attached hydrogen (secondary N) is 2. The standard InChI is InChI=1S/C18H27N5O3.CH4/c1-13-16(17(23-26-13)19-9-11-25-12-10-24)15-7-8-20-18(22-15)21-14-5-3-2-4-6-14;/h7-8,14,24H,2-6,9-12H2,1H3,(H,19,23)(H,20,21,22);1H4. The lowest BCUT2D eigenvalue weighted by Crippen LogP contribution is -2.23. The van der Waals surface area contributed by atoms with Gasteiger partial charge in [-0.15, -0.1) is 0 Å². The summed E-state index contributed by atoms with van der Waals surface area (Å²) in [5, 5.41) is 19.5. The SMILES string of the molecule is C.Cc1onc(NCCOCCO)c1-c1ccnc(NC2CCCCC2)n1. The molecule has 2 aromatic heterocycles. The normalized spacial score (nSPS) is 14.6. The zero-order valence-corrected chi connectivity index (χ0v) is 15.2. The van der Waals surface area contributed by atoms with E-state index in [1.54, 1.807) is 6.20 Å². The van der Waals surface area contributed by atoms with E-state index >= 15 is 0 Å². The number of aliphatic hydroxyl groups is 1. The number of ether oxygens (including phenoxy) is 1.